The lowest BCUT2D eigenvalue weighted by Crippen LogP contribution is -2.09. The molecule has 0 amide bonds. The number of aryl methyl sites for hydroxylation is 1. The van der Waals surface area contributed by atoms with Crippen molar-refractivity contribution in [2.24, 2.45) is 5.92 Å². The van der Waals surface area contributed by atoms with Crippen LogP contribution < -0.4 is 0 Å². The molecule has 0 bridgehead atoms. The summed E-state index contributed by atoms with van der Waals surface area (Å²) in [4.78, 5) is 10.6. The molecule has 14 heavy (non-hydrogen) atoms. The van der Waals surface area contributed by atoms with Crippen LogP contribution in [0.25, 0.3) is 0 Å². The molecule has 2 atom stereocenters. The minimum absolute atomic E-state index is 0.103. The molecule has 0 aromatic heterocycles. The first kappa shape index (κ1) is 9.19. The SMILES string of the molecule is Cc1cccc([C@@]2(F)C[C@@H]2C(=O)O)c1. The van der Waals surface area contributed by atoms with E-state index < -0.39 is 17.6 Å². The lowest BCUT2D eigenvalue weighted by atomic mass is 10.0. The molecule has 0 unspecified atom stereocenters. The van der Waals surface area contributed by atoms with Crippen molar-refractivity contribution < 1.29 is 14.3 Å². The Morgan fingerprint density at radius 3 is 2.86 bits per heavy atom. The number of halogens is 1. The van der Waals surface area contributed by atoms with E-state index in [0.717, 1.165) is 5.56 Å². The van der Waals surface area contributed by atoms with E-state index in [1.165, 1.54) is 0 Å². The number of carboxylic acid groups (broad SMARTS) is 1. The minimum Gasteiger partial charge on any atom is -0.481 e. The molecule has 2 nitrogen and oxygen atoms in total. The maximum Gasteiger partial charge on any atom is 0.310 e. The fraction of sp³-hybridized carbons (Fsp3) is 0.364. The highest BCUT2D eigenvalue weighted by Gasteiger charge is 2.61. The summed E-state index contributed by atoms with van der Waals surface area (Å²) in [6, 6.07) is 6.98. The fourth-order valence-electron chi connectivity index (χ4n) is 1.74. The number of aliphatic carboxylic acids is 1. The van der Waals surface area contributed by atoms with Gasteiger partial charge < -0.3 is 5.11 Å². The van der Waals surface area contributed by atoms with Crippen molar-refractivity contribution in [2.45, 2.75) is 19.0 Å². The van der Waals surface area contributed by atoms with Gasteiger partial charge in [0.25, 0.3) is 0 Å². The van der Waals surface area contributed by atoms with Crippen molar-refractivity contribution in [3.8, 4) is 0 Å². The molecule has 1 aromatic rings. The van der Waals surface area contributed by atoms with Crippen molar-refractivity contribution in [3.05, 3.63) is 35.4 Å². The van der Waals surface area contributed by atoms with Gasteiger partial charge in [-0.25, -0.2) is 4.39 Å². The molecule has 1 saturated carbocycles. The number of benzene rings is 1. The smallest absolute Gasteiger partial charge is 0.310 e. The number of alkyl halides is 1. The molecule has 1 aliphatic rings. The largest absolute Gasteiger partial charge is 0.481 e. The predicted octanol–water partition coefficient (Wildman–Crippen LogP) is 2.26. The molecule has 0 heterocycles. The van der Waals surface area contributed by atoms with Gasteiger partial charge in [-0.3, -0.25) is 4.79 Å². The van der Waals surface area contributed by atoms with E-state index in [9.17, 15) is 9.18 Å². The maximum atomic E-state index is 13.9. The monoisotopic (exact) mass is 194 g/mol. The molecule has 3 heteroatoms. The highest BCUT2D eigenvalue weighted by molar-refractivity contribution is 5.76. The van der Waals surface area contributed by atoms with Gasteiger partial charge in [0.05, 0.1) is 5.92 Å². The molecule has 1 N–H and O–H groups in total. The van der Waals surface area contributed by atoms with Crippen LogP contribution in [0.4, 0.5) is 4.39 Å². The third kappa shape index (κ3) is 1.29. The number of rotatable bonds is 2. The highest BCUT2D eigenvalue weighted by atomic mass is 19.1. The first-order chi connectivity index (χ1) is 6.54. The molecule has 74 valence electrons. The van der Waals surface area contributed by atoms with Gasteiger partial charge in [-0.15, -0.1) is 0 Å². The molecular weight excluding hydrogens is 183 g/mol. The molecule has 0 spiro atoms. The first-order valence-corrected chi connectivity index (χ1v) is 4.53. The van der Waals surface area contributed by atoms with Gasteiger partial charge in [-0.1, -0.05) is 29.8 Å². The van der Waals surface area contributed by atoms with Gasteiger partial charge in [0.15, 0.2) is 0 Å². The van der Waals surface area contributed by atoms with E-state index in [2.05, 4.69) is 0 Å². The Kier molecular flexibility index (Phi) is 1.84. The predicted molar refractivity (Wildman–Crippen MR) is 49.7 cm³/mol. The zero-order valence-corrected chi connectivity index (χ0v) is 7.83. The Hall–Kier alpha value is -1.38. The van der Waals surface area contributed by atoms with Crippen LogP contribution in [0.5, 0.6) is 0 Å². The molecule has 1 aromatic carbocycles. The average Bonchev–Trinajstić information content (AvgIpc) is 2.80. The number of hydrogen-bond acceptors (Lipinski definition) is 1. The number of carboxylic acids is 1. The second-order valence-corrected chi connectivity index (χ2v) is 3.83. The zero-order valence-electron chi connectivity index (χ0n) is 7.83. The highest BCUT2D eigenvalue weighted by Crippen LogP contribution is 2.55. The van der Waals surface area contributed by atoms with Crippen molar-refractivity contribution in [3.63, 3.8) is 0 Å². The minimum atomic E-state index is -1.63. The third-order valence-electron chi connectivity index (χ3n) is 2.69. The summed E-state index contributed by atoms with van der Waals surface area (Å²) in [5, 5.41) is 8.68. The molecule has 2 rings (SSSR count). The molecule has 0 radical (unpaired) electrons. The van der Waals surface area contributed by atoms with Crippen LogP contribution in [0.2, 0.25) is 0 Å². The summed E-state index contributed by atoms with van der Waals surface area (Å²) in [5.41, 5.74) is -0.182. The van der Waals surface area contributed by atoms with E-state index in [-0.39, 0.29) is 6.42 Å². The van der Waals surface area contributed by atoms with Crippen LogP contribution in [0.3, 0.4) is 0 Å². The molecule has 1 fully saturated rings. The van der Waals surface area contributed by atoms with Crippen LogP contribution in [-0.2, 0) is 10.5 Å². The average molecular weight is 194 g/mol. The summed E-state index contributed by atoms with van der Waals surface area (Å²) in [7, 11) is 0. The van der Waals surface area contributed by atoms with Gasteiger partial charge in [0.2, 0.25) is 0 Å². The normalized spacial score (nSPS) is 30.0. The van der Waals surface area contributed by atoms with Gasteiger partial charge in [-0.2, -0.15) is 0 Å². The van der Waals surface area contributed by atoms with E-state index >= 15 is 0 Å². The van der Waals surface area contributed by atoms with Crippen LogP contribution >= 0.6 is 0 Å². The van der Waals surface area contributed by atoms with E-state index in [1.54, 1.807) is 18.2 Å². The summed E-state index contributed by atoms with van der Waals surface area (Å²) < 4.78 is 13.9. The molecule has 1 aliphatic carbocycles. The van der Waals surface area contributed by atoms with Crippen molar-refractivity contribution in [2.75, 3.05) is 0 Å². The molecular formula is C11H11FO2. The summed E-state index contributed by atoms with van der Waals surface area (Å²) in [5.74, 6) is -1.90. The van der Waals surface area contributed by atoms with Gasteiger partial charge in [-0.05, 0) is 12.5 Å². The van der Waals surface area contributed by atoms with Gasteiger partial charge in [0, 0.05) is 6.42 Å². The third-order valence-corrected chi connectivity index (χ3v) is 2.69. The first-order valence-electron chi connectivity index (χ1n) is 4.53. The lowest BCUT2D eigenvalue weighted by molar-refractivity contribution is -0.139. The fourth-order valence-corrected chi connectivity index (χ4v) is 1.74. The number of carbonyl (C=O) groups is 1. The topological polar surface area (TPSA) is 37.3 Å². The Balaban J connectivity index is 2.30. The van der Waals surface area contributed by atoms with Crippen molar-refractivity contribution >= 4 is 5.97 Å². The quantitative estimate of drug-likeness (QED) is 0.784. The second-order valence-electron chi connectivity index (χ2n) is 3.83. The van der Waals surface area contributed by atoms with Crippen LogP contribution in [0.1, 0.15) is 17.5 Å². The summed E-state index contributed by atoms with van der Waals surface area (Å²) in [6.45, 7) is 1.87. The molecule has 0 saturated heterocycles. The lowest BCUT2D eigenvalue weighted by Gasteiger charge is -2.06. The molecule has 0 aliphatic heterocycles. The van der Waals surface area contributed by atoms with Crippen LogP contribution in [0, 0.1) is 12.8 Å². The van der Waals surface area contributed by atoms with Gasteiger partial charge >= 0.3 is 5.97 Å². The van der Waals surface area contributed by atoms with E-state index in [1.807, 2.05) is 13.0 Å². The summed E-state index contributed by atoms with van der Waals surface area (Å²) >= 11 is 0. The van der Waals surface area contributed by atoms with Crippen molar-refractivity contribution in [1.82, 2.24) is 0 Å². The van der Waals surface area contributed by atoms with Crippen LogP contribution in [-0.4, -0.2) is 11.1 Å². The number of hydrogen-bond donors (Lipinski definition) is 1. The Morgan fingerprint density at radius 2 is 2.36 bits per heavy atom. The van der Waals surface area contributed by atoms with Gasteiger partial charge in [0.1, 0.15) is 5.67 Å². The van der Waals surface area contributed by atoms with E-state index in [0.29, 0.717) is 5.56 Å². The standard InChI is InChI=1S/C11H11FO2/c1-7-3-2-4-8(5-7)11(12)6-9(11)10(13)14/h2-5,9H,6H2,1H3,(H,13,14)/t9-,11+/m1/s1. The van der Waals surface area contributed by atoms with Crippen molar-refractivity contribution in [1.29, 1.82) is 0 Å². The Morgan fingerprint density at radius 1 is 1.64 bits per heavy atom. The van der Waals surface area contributed by atoms with Crippen LogP contribution in [0.15, 0.2) is 24.3 Å². The maximum absolute atomic E-state index is 13.9. The second kappa shape index (κ2) is 2.80. The Labute approximate surface area is 81.4 Å². The Bertz CT molecular complexity index is 389. The zero-order chi connectivity index (χ0) is 10.3. The van der Waals surface area contributed by atoms with E-state index in [4.69, 9.17) is 5.11 Å². The summed E-state index contributed by atoms with van der Waals surface area (Å²) in [6.07, 6.45) is 0.103.